The van der Waals surface area contributed by atoms with E-state index in [2.05, 4.69) is 17.1 Å². The van der Waals surface area contributed by atoms with Gasteiger partial charge in [0.25, 0.3) is 5.91 Å². The Morgan fingerprint density at radius 1 is 1.00 bits per heavy atom. The van der Waals surface area contributed by atoms with Gasteiger partial charge >= 0.3 is 0 Å². The molecule has 1 unspecified atom stereocenters. The molecule has 1 amide bonds. The van der Waals surface area contributed by atoms with E-state index in [1.54, 1.807) is 0 Å². The highest BCUT2D eigenvalue weighted by Crippen LogP contribution is 2.44. The molecule has 1 aromatic heterocycles. The molecule has 1 aliphatic rings. The van der Waals surface area contributed by atoms with Crippen molar-refractivity contribution in [3.8, 4) is 17.0 Å². The molecule has 0 bridgehead atoms. The zero-order chi connectivity index (χ0) is 24.4. The number of fused-ring (bicyclic) bond motifs is 1. The quantitative estimate of drug-likeness (QED) is 0.255. The summed E-state index contributed by atoms with van der Waals surface area (Å²) in [7, 11) is 0. The van der Waals surface area contributed by atoms with Gasteiger partial charge in [0.05, 0.1) is 18.3 Å². The van der Waals surface area contributed by atoms with Gasteiger partial charge in [-0.15, -0.1) is 0 Å². The summed E-state index contributed by atoms with van der Waals surface area (Å²) in [6.45, 7) is 3.20. The van der Waals surface area contributed by atoms with Crippen LogP contribution in [0.1, 0.15) is 53.0 Å². The van der Waals surface area contributed by atoms with E-state index in [0.29, 0.717) is 28.9 Å². The van der Waals surface area contributed by atoms with Gasteiger partial charge in [0.2, 0.25) is 0 Å². The second-order valence-electron chi connectivity index (χ2n) is 8.57. The van der Waals surface area contributed by atoms with Crippen LogP contribution in [-0.2, 0) is 6.54 Å². The maximum Gasteiger partial charge on any atom is 0.273 e. The van der Waals surface area contributed by atoms with Gasteiger partial charge in [0.1, 0.15) is 11.4 Å². The van der Waals surface area contributed by atoms with Crippen LogP contribution in [0.3, 0.4) is 0 Å². The molecule has 5 nitrogen and oxygen atoms in total. The summed E-state index contributed by atoms with van der Waals surface area (Å²) in [5.41, 5.74) is 4.84. The Morgan fingerprint density at radius 2 is 1.74 bits per heavy atom. The third-order valence-electron chi connectivity index (χ3n) is 6.24. The highest BCUT2D eigenvalue weighted by atomic mass is 35.5. The van der Waals surface area contributed by atoms with E-state index >= 15 is 0 Å². The van der Waals surface area contributed by atoms with Gasteiger partial charge in [-0.3, -0.25) is 9.89 Å². The lowest BCUT2D eigenvalue weighted by Gasteiger charge is -2.27. The molecular formula is C28H25Cl2N3O2. The number of unbranched alkanes of at least 4 members (excludes halogenated alkanes) is 1. The maximum atomic E-state index is 13.6. The monoisotopic (exact) mass is 505 g/mol. The molecule has 0 saturated heterocycles. The van der Waals surface area contributed by atoms with E-state index in [0.717, 1.165) is 46.5 Å². The fraction of sp³-hybridized carbons (Fsp3) is 0.214. The lowest BCUT2D eigenvalue weighted by molar-refractivity contribution is 0.0730. The van der Waals surface area contributed by atoms with E-state index in [-0.39, 0.29) is 11.9 Å². The van der Waals surface area contributed by atoms with Crippen molar-refractivity contribution in [1.82, 2.24) is 15.1 Å². The van der Waals surface area contributed by atoms with Crippen LogP contribution < -0.4 is 4.74 Å². The average molecular weight is 506 g/mol. The standard InChI is InChI=1S/C28H25Cl2N3O2/c1-2-3-16-35-22-14-10-19(11-15-22)27-24-25(18-8-12-21(29)13-9-18)31-32-26(24)28(34)33(27)17-20-6-4-5-7-23(20)30/h4-15,27H,2-3,16-17H2,1H3,(H,31,32). The minimum absolute atomic E-state index is 0.110. The van der Waals surface area contributed by atoms with E-state index in [1.807, 2.05) is 77.7 Å². The van der Waals surface area contributed by atoms with Gasteiger partial charge in [-0.25, -0.2) is 0 Å². The van der Waals surface area contributed by atoms with E-state index < -0.39 is 0 Å². The molecule has 0 fully saturated rings. The number of nitrogens with zero attached hydrogens (tertiary/aromatic N) is 2. The van der Waals surface area contributed by atoms with Crippen LogP contribution in [0.15, 0.2) is 72.8 Å². The van der Waals surface area contributed by atoms with Crippen LogP contribution in [0.2, 0.25) is 10.0 Å². The molecule has 178 valence electrons. The summed E-state index contributed by atoms with van der Waals surface area (Å²) in [5, 5.41) is 8.79. The van der Waals surface area contributed by atoms with Gasteiger partial charge in [0, 0.05) is 27.7 Å². The number of halogens is 2. The van der Waals surface area contributed by atoms with Crippen LogP contribution in [0.5, 0.6) is 5.75 Å². The summed E-state index contributed by atoms with van der Waals surface area (Å²) in [6.07, 6.45) is 2.09. The van der Waals surface area contributed by atoms with Crippen LogP contribution in [0.4, 0.5) is 0 Å². The Hall–Kier alpha value is -3.28. The first-order valence-corrected chi connectivity index (χ1v) is 12.4. The summed E-state index contributed by atoms with van der Waals surface area (Å²) in [4.78, 5) is 15.4. The van der Waals surface area contributed by atoms with Crippen molar-refractivity contribution < 1.29 is 9.53 Å². The lowest BCUT2D eigenvalue weighted by atomic mass is 9.96. The molecule has 4 aromatic rings. The first-order valence-electron chi connectivity index (χ1n) is 11.7. The van der Waals surface area contributed by atoms with Crippen molar-refractivity contribution in [3.05, 3.63) is 105 Å². The zero-order valence-electron chi connectivity index (χ0n) is 19.3. The van der Waals surface area contributed by atoms with Crippen molar-refractivity contribution in [2.45, 2.75) is 32.4 Å². The Kier molecular flexibility index (Phi) is 6.80. The Morgan fingerprint density at radius 3 is 2.46 bits per heavy atom. The number of H-pyrrole nitrogens is 1. The molecule has 1 aliphatic heterocycles. The second-order valence-corrected chi connectivity index (χ2v) is 9.41. The molecule has 0 spiro atoms. The number of carbonyl (C=O) groups is 1. The van der Waals surface area contributed by atoms with Gasteiger partial charge in [0.15, 0.2) is 0 Å². The largest absolute Gasteiger partial charge is 0.494 e. The molecule has 3 aromatic carbocycles. The molecule has 0 aliphatic carbocycles. The molecule has 1 N–H and O–H groups in total. The summed E-state index contributed by atoms with van der Waals surface area (Å²) >= 11 is 12.6. The smallest absolute Gasteiger partial charge is 0.273 e. The second kappa shape index (κ2) is 10.1. The highest BCUT2D eigenvalue weighted by molar-refractivity contribution is 6.31. The van der Waals surface area contributed by atoms with Crippen molar-refractivity contribution in [2.75, 3.05) is 6.61 Å². The molecule has 0 radical (unpaired) electrons. The third-order valence-corrected chi connectivity index (χ3v) is 6.86. The average Bonchev–Trinajstić information content (AvgIpc) is 3.41. The molecule has 5 rings (SSSR count). The number of aromatic amines is 1. The molecule has 7 heteroatoms. The fourth-order valence-corrected chi connectivity index (χ4v) is 4.75. The summed E-state index contributed by atoms with van der Waals surface area (Å²) < 4.78 is 5.85. The van der Waals surface area contributed by atoms with E-state index in [9.17, 15) is 4.79 Å². The van der Waals surface area contributed by atoms with Crippen molar-refractivity contribution in [2.24, 2.45) is 0 Å². The van der Waals surface area contributed by atoms with E-state index in [1.165, 1.54) is 0 Å². The number of hydrogen-bond acceptors (Lipinski definition) is 3. The van der Waals surface area contributed by atoms with Crippen LogP contribution in [-0.4, -0.2) is 27.6 Å². The number of nitrogens with one attached hydrogen (secondary N) is 1. The topological polar surface area (TPSA) is 58.2 Å². The maximum absolute atomic E-state index is 13.6. The number of aromatic nitrogens is 2. The fourth-order valence-electron chi connectivity index (χ4n) is 4.42. The number of hydrogen-bond donors (Lipinski definition) is 1. The lowest BCUT2D eigenvalue weighted by Crippen LogP contribution is -2.29. The molecular weight excluding hydrogens is 481 g/mol. The van der Waals surface area contributed by atoms with Crippen LogP contribution in [0.25, 0.3) is 11.3 Å². The predicted octanol–water partition coefficient (Wildman–Crippen LogP) is 7.31. The third kappa shape index (κ3) is 4.66. The highest BCUT2D eigenvalue weighted by Gasteiger charge is 2.42. The Labute approximate surface area is 214 Å². The number of carbonyl (C=O) groups excluding carboxylic acids is 1. The predicted molar refractivity (Wildman–Crippen MR) is 139 cm³/mol. The van der Waals surface area contributed by atoms with Gasteiger partial charge in [-0.1, -0.05) is 79.0 Å². The minimum Gasteiger partial charge on any atom is -0.494 e. The molecule has 2 heterocycles. The first kappa shape index (κ1) is 23.5. The SMILES string of the molecule is CCCCOc1ccc(C2c3c(-c4ccc(Cl)cc4)n[nH]c3C(=O)N2Cc2ccccc2Cl)cc1. The molecule has 1 atom stereocenters. The first-order chi connectivity index (χ1) is 17.1. The number of amides is 1. The van der Waals surface area contributed by atoms with Crippen molar-refractivity contribution >= 4 is 29.1 Å². The number of benzene rings is 3. The summed E-state index contributed by atoms with van der Waals surface area (Å²) in [5.74, 6) is 0.704. The number of rotatable bonds is 8. The van der Waals surface area contributed by atoms with Crippen LogP contribution >= 0.6 is 23.2 Å². The van der Waals surface area contributed by atoms with Crippen molar-refractivity contribution in [3.63, 3.8) is 0 Å². The van der Waals surface area contributed by atoms with Gasteiger partial charge in [-0.05, 0) is 47.9 Å². The molecule has 35 heavy (non-hydrogen) atoms. The minimum atomic E-state index is -0.331. The van der Waals surface area contributed by atoms with E-state index in [4.69, 9.17) is 27.9 Å². The van der Waals surface area contributed by atoms with Crippen molar-refractivity contribution in [1.29, 1.82) is 0 Å². The number of ether oxygens (including phenoxy) is 1. The molecule has 0 saturated carbocycles. The summed E-state index contributed by atoms with van der Waals surface area (Å²) in [6, 6.07) is 22.7. The Balaban J connectivity index is 1.56. The zero-order valence-corrected chi connectivity index (χ0v) is 20.8. The van der Waals surface area contributed by atoms with Gasteiger partial charge in [-0.2, -0.15) is 5.10 Å². The van der Waals surface area contributed by atoms with Gasteiger partial charge < -0.3 is 9.64 Å². The van der Waals surface area contributed by atoms with Crippen LogP contribution in [0, 0.1) is 0 Å². The normalized spacial score (nSPS) is 14.9. The Bertz CT molecular complexity index is 1330.